The van der Waals surface area contributed by atoms with Crippen LogP contribution in [0.15, 0.2) is 29.7 Å². The predicted molar refractivity (Wildman–Crippen MR) is 83.1 cm³/mol. The van der Waals surface area contributed by atoms with Gasteiger partial charge in [-0.3, -0.25) is 0 Å². The number of hydrogen-bond acceptors (Lipinski definition) is 3. The summed E-state index contributed by atoms with van der Waals surface area (Å²) in [5, 5.41) is 0. The van der Waals surface area contributed by atoms with E-state index in [0.717, 1.165) is 37.0 Å². The van der Waals surface area contributed by atoms with Crippen LogP contribution >= 0.6 is 10.7 Å². The van der Waals surface area contributed by atoms with Crippen LogP contribution in [0.3, 0.4) is 0 Å². The van der Waals surface area contributed by atoms with Gasteiger partial charge < -0.3 is 4.74 Å². The maximum atomic E-state index is 11.4. The highest BCUT2D eigenvalue weighted by Gasteiger charge is 2.16. The molecular weight excluding hydrogens is 296 g/mol. The molecule has 0 radical (unpaired) electrons. The van der Waals surface area contributed by atoms with Crippen molar-refractivity contribution in [1.29, 1.82) is 0 Å². The molecule has 0 saturated carbocycles. The first-order valence-corrected chi connectivity index (χ1v) is 8.97. The maximum absolute atomic E-state index is 11.4. The summed E-state index contributed by atoms with van der Waals surface area (Å²) in [6, 6.07) is 3.17. The fourth-order valence-corrected chi connectivity index (χ4v) is 3.19. The van der Waals surface area contributed by atoms with Crippen LogP contribution in [0.1, 0.15) is 36.8 Å². The maximum Gasteiger partial charge on any atom is 0.261 e. The Morgan fingerprint density at radius 1 is 1.20 bits per heavy atom. The molecule has 0 bridgehead atoms. The van der Waals surface area contributed by atoms with Crippen molar-refractivity contribution < 1.29 is 13.2 Å². The Kier molecular flexibility index (Phi) is 6.56. The Bertz CT molecular complexity index is 565. The first kappa shape index (κ1) is 17.1. The van der Waals surface area contributed by atoms with Crippen molar-refractivity contribution in [1.82, 2.24) is 0 Å². The minimum Gasteiger partial charge on any atom is -0.493 e. The van der Waals surface area contributed by atoms with Crippen LogP contribution in [0.2, 0.25) is 0 Å². The van der Waals surface area contributed by atoms with Crippen molar-refractivity contribution in [3.05, 3.63) is 35.9 Å². The van der Waals surface area contributed by atoms with Gasteiger partial charge in [-0.2, -0.15) is 0 Å². The molecule has 3 nitrogen and oxygen atoms in total. The van der Waals surface area contributed by atoms with Crippen LogP contribution in [0.5, 0.6) is 5.75 Å². The molecule has 0 atom stereocenters. The zero-order valence-corrected chi connectivity index (χ0v) is 13.6. The molecule has 1 aromatic rings. The molecule has 0 aromatic heterocycles. The molecule has 20 heavy (non-hydrogen) atoms. The van der Waals surface area contributed by atoms with Crippen molar-refractivity contribution in [2.75, 3.05) is 6.61 Å². The molecule has 0 spiro atoms. The van der Waals surface area contributed by atoms with Crippen LogP contribution in [-0.2, 0) is 9.05 Å². The molecule has 0 unspecified atom stereocenters. The van der Waals surface area contributed by atoms with Crippen LogP contribution in [0.25, 0.3) is 0 Å². The summed E-state index contributed by atoms with van der Waals surface area (Å²) in [4.78, 5) is 0.148. The lowest BCUT2D eigenvalue weighted by Crippen LogP contribution is -2.02. The summed E-state index contributed by atoms with van der Waals surface area (Å²) in [7, 11) is 1.69. The second-order valence-corrected chi connectivity index (χ2v) is 7.27. The zero-order valence-electron chi connectivity index (χ0n) is 12.0. The van der Waals surface area contributed by atoms with Crippen LogP contribution in [0.4, 0.5) is 0 Å². The van der Waals surface area contributed by atoms with Gasteiger partial charge in [-0.25, -0.2) is 8.42 Å². The number of rotatable bonds is 8. The number of ether oxygens (including phenoxy) is 1. The summed E-state index contributed by atoms with van der Waals surface area (Å²) in [5.74, 6) is 0.718. The Morgan fingerprint density at radius 2 is 1.90 bits per heavy atom. The van der Waals surface area contributed by atoms with Gasteiger partial charge in [-0.15, -0.1) is 6.58 Å². The lowest BCUT2D eigenvalue weighted by Gasteiger charge is -2.13. The Labute approximate surface area is 126 Å². The Hall–Kier alpha value is -1.00. The van der Waals surface area contributed by atoms with Gasteiger partial charge in [-0.1, -0.05) is 6.08 Å². The number of benzene rings is 1. The molecule has 5 heteroatoms. The summed E-state index contributed by atoms with van der Waals surface area (Å²) in [5.41, 5.74) is 1.46. The smallest absolute Gasteiger partial charge is 0.261 e. The van der Waals surface area contributed by atoms with E-state index in [9.17, 15) is 8.42 Å². The molecule has 0 amide bonds. The minimum absolute atomic E-state index is 0.148. The van der Waals surface area contributed by atoms with E-state index in [-0.39, 0.29) is 4.90 Å². The molecule has 0 aliphatic heterocycles. The monoisotopic (exact) mass is 316 g/mol. The van der Waals surface area contributed by atoms with E-state index in [2.05, 4.69) is 6.58 Å². The highest BCUT2D eigenvalue weighted by Crippen LogP contribution is 2.29. The molecule has 0 heterocycles. The molecule has 112 valence electrons. The van der Waals surface area contributed by atoms with Gasteiger partial charge in [0.05, 0.1) is 11.5 Å². The normalized spacial score (nSPS) is 11.3. The van der Waals surface area contributed by atoms with Crippen LogP contribution in [-0.4, -0.2) is 15.0 Å². The van der Waals surface area contributed by atoms with Crippen molar-refractivity contribution in [2.24, 2.45) is 0 Å². The van der Waals surface area contributed by atoms with Crippen molar-refractivity contribution >= 4 is 19.7 Å². The third-order valence-electron chi connectivity index (χ3n) is 3.26. The largest absolute Gasteiger partial charge is 0.493 e. The van der Waals surface area contributed by atoms with E-state index in [1.165, 1.54) is 6.07 Å². The average Bonchev–Trinajstić information content (AvgIpc) is 2.37. The highest BCUT2D eigenvalue weighted by atomic mass is 35.7. The molecule has 1 rings (SSSR count). The first-order chi connectivity index (χ1) is 9.38. The van der Waals surface area contributed by atoms with Gasteiger partial charge in [0.2, 0.25) is 0 Å². The standard InChI is InChI=1S/C15H21ClO3S/c1-4-5-6-7-8-11-19-14-9-10-15(20(16,17)18)13(3)12(14)2/h4,9-10H,1,5-8,11H2,2-3H3. The summed E-state index contributed by atoms with van der Waals surface area (Å²) >= 11 is 0. The summed E-state index contributed by atoms with van der Waals surface area (Å²) < 4.78 is 28.5. The second kappa shape index (κ2) is 7.70. The summed E-state index contributed by atoms with van der Waals surface area (Å²) in [6.07, 6.45) is 6.13. The third-order valence-corrected chi connectivity index (χ3v) is 4.73. The highest BCUT2D eigenvalue weighted by molar-refractivity contribution is 8.13. The predicted octanol–water partition coefficient (Wildman–Crippen LogP) is 4.36. The van der Waals surface area contributed by atoms with Gasteiger partial charge in [0.1, 0.15) is 5.75 Å². The molecular formula is C15H21ClO3S. The van der Waals surface area contributed by atoms with Gasteiger partial charge in [-0.05, 0) is 62.8 Å². The fourth-order valence-electron chi connectivity index (χ4n) is 1.94. The van der Waals surface area contributed by atoms with Gasteiger partial charge in [0.25, 0.3) is 9.05 Å². The van der Waals surface area contributed by atoms with Crippen LogP contribution < -0.4 is 4.74 Å². The molecule has 1 aromatic carbocycles. The Balaban J connectivity index is 2.65. The van der Waals surface area contributed by atoms with Crippen molar-refractivity contribution in [3.8, 4) is 5.75 Å². The van der Waals surface area contributed by atoms with Crippen molar-refractivity contribution in [3.63, 3.8) is 0 Å². The average molecular weight is 317 g/mol. The van der Waals surface area contributed by atoms with E-state index in [4.69, 9.17) is 15.4 Å². The van der Waals surface area contributed by atoms with Gasteiger partial charge in [0, 0.05) is 10.7 Å². The SMILES string of the molecule is C=CCCCCCOc1ccc(S(=O)(=O)Cl)c(C)c1C. The number of halogens is 1. The molecule has 0 aliphatic carbocycles. The van der Waals surface area contributed by atoms with E-state index in [1.54, 1.807) is 13.0 Å². The Morgan fingerprint density at radius 3 is 2.50 bits per heavy atom. The van der Waals surface area contributed by atoms with Gasteiger partial charge >= 0.3 is 0 Å². The van der Waals surface area contributed by atoms with Crippen molar-refractivity contribution in [2.45, 2.75) is 44.4 Å². The molecule has 0 aliphatic rings. The first-order valence-electron chi connectivity index (χ1n) is 6.66. The molecule has 0 fully saturated rings. The number of unbranched alkanes of at least 4 members (excludes halogenated alkanes) is 3. The van der Waals surface area contributed by atoms with E-state index in [1.807, 2.05) is 13.0 Å². The zero-order chi connectivity index (χ0) is 15.2. The second-order valence-electron chi connectivity index (χ2n) is 4.74. The lowest BCUT2D eigenvalue weighted by atomic mass is 10.1. The topological polar surface area (TPSA) is 43.4 Å². The minimum atomic E-state index is -3.70. The third kappa shape index (κ3) is 4.84. The molecule has 0 N–H and O–H groups in total. The lowest BCUT2D eigenvalue weighted by molar-refractivity contribution is 0.303. The quantitative estimate of drug-likeness (QED) is 0.406. The van der Waals surface area contributed by atoms with E-state index < -0.39 is 9.05 Å². The van der Waals surface area contributed by atoms with Gasteiger partial charge in [0.15, 0.2) is 0 Å². The van der Waals surface area contributed by atoms with E-state index >= 15 is 0 Å². The number of hydrogen-bond donors (Lipinski definition) is 0. The molecule has 0 saturated heterocycles. The van der Waals surface area contributed by atoms with Crippen LogP contribution in [0, 0.1) is 13.8 Å². The summed E-state index contributed by atoms with van der Waals surface area (Å²) in [6.45, 7) is 7.89. The van der Waals surface area contributed by atoms with E-state index in [0.29, 0.717) is 12.2 Å². The fraction of sp³-hybridized carbons (Fsp3) is 0.467. The number of allylic oxidation sites excluding steroid dienone is 1.